The molecule has 1 aromatic heterocycles. The van der Waals surface area contributed by atoms with Gasteiger partial charge in [0.1, 0.15) is 12.4 Å². The highest BCUT2D eigenvalue weighted by Crippen LogP contribution is 2.10. The lowest BCUT2D eigenvalue weighted by atomic mass is 10.1. The predicted molar refractivity (Wildman–Crippen MR) is 191 cm³/mol. The van der Waals surface area contributed by atoms with Crippen molar-refractivity contribution in [2.24, 2.45) is 35.5 Å². The molecule has 0 aromatic carbocycles. The summed E-state index contributed by atoms with van der Waals surface area (Å²) in [6.45, 7) is 32.3. The summed E-state index contributed by atoms with van der Waals surface area (Å²) >= 11 is 0. The summed E-state index contributed by atoms with van der Waals surface area (Å²) < 4.78 is 4.05. The molecule has 0 aliphatic carbocycles. The molecule has 1 rings (SSSR count). The Hall–Kier alpha value is -2.42. The van der Waals surface area contributed by atoms with E-state index in [4.69, 9.17) is 0 Å². The second kappa shape index (κ2) is 22.2. The van der Waals surface area contributed by atoms with Gasteiger partial charge in [-0.05, 0) is 41.9 Å². The lowest BCUT2D eigenvalue weighted by molar-refractivity contribution is -0.684. The second-order valence-corrected chi connectivity index (χ2v) is 15.6. The maximum absolute atomic E-state index is 13.6. The van der Waals surface area contributed by atoms with E-state index in [1.165, 1.54) is 0 Å². The molecule has 1 aromatic rings. The van der Waals surface area contributed by atoms with Crippen LogP contribution in [0.25, 0.3) is 0 Å². The van der Waals surface area contributed by atoms with Crippen molar-refractivity contribution in [3.8, 4) is 0 Å². The molecule has 0 aliphatic heterocycles. The fraction of sp³-hybridized carbons (Fsp3) is 0.838. The van der Waals surface area contributed by atoms with Crippen molar-refractivity contribution in [1.82, 2.24) is 24.2 Å². The normalized spacial score (nSPS) is 11.8. The van der Waals surface area contributed by atoms with Crippen LogP contribution in [0.3, 0.4) is 0 Å². The number of imidazole rings is 1. The first-order chi connectivity index (χ1) is 21.0. The Morgan fingerprint density at radius 2 is 0.935 bits per heavy atom. The average Bonchev–Trinajstić information content (AvgIpc) is 3.32. The Labute approximate surface area is 283 Å². The van der Waals surface area contributed by atoms with E-state index in [9.17, 15) is 14.4 Å². The van der Waals surface area contributed by atoms with E-state index < -0.39 is 0 Å². The quantitative estimate of drug-likeness (QED) is 0.155. The van der Waals surface area contributed by atoms with Gasteiger partial charge < -0.3 is 14.7 Å². The standard InChI is InChI=1S/C36H69N6O3.CH4/c1-28(2)18-40(19-29(3)4)34(43)24-38(25-35(44)41(20-30(5)6)21-31(7)8)15-13-14-37-16-17-39(27-37)26-36(45)42(22-32(9)10)23-33(11)12;/h16-17,27-33H,13-15,18-26H2,1-12H3;1H4/q+1;. The number of rotatable bonds is 22. The van der Waals surface area contributed by atoms with Crippen LogP contribution in [0, 0.1) is 35.5 Å². The van der Waals surface area contributed by atoms with E-state index >= 15 is 0 Å². The number of amides is 3. The molecule has 0 saturated carbocycles. The van der Waals surface area contributed by atoms with E-state index in [0.717, 1.165) is 52.2 Å². The van der Waals surface area contributed by atoms with Gasteiger partial charge in [-0.15, -0.1) is 0 Å². The van der Waals surface area contributed by atoms with Crippen LogP contribution >= 0.6 is 0 Å². The lowest BCUT2D eigenvalue weighted by Gasteiger charge is -2.32. The number of aryl methyl sites for hydroxylation is 1. The van der Waals surface area contributed by atoms with Gasteiger partial charge in [0.05, 0.1) is 19.6 Å². The monoisotopic (exact) mass is 650 g/mol. The minimum Gasteiger partial charge on any atom is -0.341 e. The fourth-order valence-electron chi connectivity index (χ4n) is 5.67. The zero-order valence-corrected chi connectivity index (χ0v) is 31.1. The van der Waals surface area contributed by atoms with Crippen molar-refractivity contribution < 1.29 is 19.0 Å². The first-order valence-electron chi connectivity index (χ1n) is 17.6. The number of hydrogen-bond donors (Lipinski definition) is 0. The van der Waals surface area contributed by atoms with Crippen LogP contribution in [-0.4, -0.2) is 101 Å². The van der Waals surface area contributed by atoms with Gasteiger partial charge in [-0.1, -0.05) is 90.5 Å². The SMILES string of the molecule is C.CC(C)CN(CC(C)C)C(=O)CN(CCCn1cc[n+](CC(=O)N(CC(C)C)CC(C)C)c1)CC(=O)N(CC(C)C)CC(C)C. The molecule has 3 amide bonds. The smallest absolute Gasteiger partial charge is 0.264 e. The number of carbonyl (C=O) groups excluding carboxylic acids is 3. The van der Waals surface area contributed by atoms with E-state index in [-0.39, 0.29) is 38.2 Å². The first kappa shape index (κ1) is 43.6. The van der Waals surface area contributed by atoms with Gasteiger partial charge in [-0.25, -0.2) is 9.13 Å². The zero-order valence-electron chi connectivity index (χ0n) is 31.1. The number of aromatic nitrogens is 2. The van der Waals surface area contributed by atoms with E-state index in [2.05, 4.69) is 87.7 Å². The van der Waals surface area contributed by atoms with Crippen molar-refractivity contribution >= 4 is 17.7 Å². The second-order valence-electron chi connectivity index (χ2n) is 15.6. The largest absolute Gasteiger partial charge is 0.341 e. The molecule has 268 valence electrons. The third kappa shape index (κ3) is 18.7. The molecule has 0 bridgehead atoms. The van der Waals surface area contributed by atoms with Crippen molar-refractivity contribution in [2.75, 3.05) is 58.9 Å². The summed E-state index contributed by atoms with van der Waals surface area (Å²) in [5.41, 5.74) is 0. The molecule has 46 heavy (non-hydrogen) atoms. The molecule has 0 radical (unpaired) electrons. The highest BCUT2D eigenvalue weighted by Gasteiger charge is 2.24. The molecule has 0 atom stereocenters. The lowest BCUT2D eigenvalue weighted by Crippen LogP contribution is -2.48. The predicted octanol–water partition coefficient (Wildman–Crippen LogP) is 5.53. The molecule has 1 heterocycles. The van der Waals surface area contributed by atoms with Crippen molar-refractivity contribution in [1.29, 1.82) is 0 Å². The van der Waals surface area contributed by atoms with Crippen LogP contribution in [0.15, 0.2) is 18.7 Å². The Bertz CT molecular complexity index is 933. The van der Waals surface area contributed by atoms with Crippen LogP contribution in [0.2, 0.25) is 0 Å². The van der Waals surface area contributed by atoms with E-state index in [1.807, 2.05) is 42.9 Å². The minimum absolute atomic E-state index is 0. The number of nitrogens with zero attached hydrogens (tertiary/aromatic N) is 6. The van der Waals surface area contributed by atoms with Crippen LogP contribution in [0.4, 0.5) is 0 Å². The molecule has 0 spiro atoms. The van der Waals surface area contributed by atoms with Crippen molar-refractivity contribution in [2.45, 2.75) is 110 Å². The third-order valence-electron chi connectivity index (χ3n) is 7.24. The highest BCUT2D eigenvalue weighted by molar-refractivity contribution is 5.81. The summed E-state index contributed by atoms with van der Waals surface area (Å²) in [5.74, 6) is 2.70. The van der Waals surface area contributed by atoms with Crippen LogP contribution < -0.4 is 4.57 Å². The fourth-order valence-corrected chi connectivity index (χ4v) is 5.67. The molecular formula is C37H73N6O3+. The van der Waals surface area contributed by atoms with Crippen molar-refractivity contribution in [3.05, 3.63) is 18.7 Å². The summed E-state index contributed by atoms with van der Waals surface area (Å²) in [5, 5.41) is 0. The highest BCUT2D eigenvalue weighted by atomic mass is 16.2. The maximum atomic E-state index is 13.6. The van der Waals surface area contributed by atoms with Gasteiger partial charge in [0.2, 0.25) is 18.1 Å². The molecule has 9 nitrogen and oxygen atoms in total. The van der Waals surface area contributed by atoms with Gasteiger partial charge in [0.25, 0.3) is 5.91 Å². The van der Waals surface area contributed by atoms with Gasteiger partial charge in [0, 0.05) is 45.8 Å². The molecule has 0 fully saturated rings. The molecule has 0 unspecified atom stereocenters. The Balaban J connectivity index is 0.0000202. The summed E-state index contributed by atoms with van der Waals surface area (Å²) in [6, 6.07) is 0. The van der Waals surface area contributed by atoms with Crippen LogP contribution in [0.1, 0.15) is 96.9 Å². The van der Waals surface area contributed by atoms with Gasteiger partial charge in [-0.2, -0.15) is 0 Å². The number of hydrogen-bond acceptors (Lipinski definition) is 4. The maximum Gasteiger partial charge on any atom is 0.264 e. The van der Waals surface area contributed by atoms with Gasteiger partial charge in [0.15, 0.2) is 6.54 Å². The van der Waals surface area contributed by atoms with Gasteiger partial charge >= 0.3 is 0 Å². The third-order valence-corrected chi connectivity index (χ3v) is 7.24. The topological polar surface area (TPSA) is 73.0 Å². The van der Waals surface area contributed by atoms with E-state index in [1.54, 1.807) is 0 Å². The molecule has 9 heteroatoms. The van der Waals surface area contributed by atoms with Gasteiger partial charge in [-0.3, -0.25) is 19.3 Å². The zero-order chi connectivity index (χ0) is 34.3. The Morgan fingerprint density at radius 1 is 0.587 bits per heavy atom. The average molecular weight is 650 g/mol. The summed E-state index contributed by atoms with van der Waals surface area (Å²) in [4.78, 5) is 48.2. The van der Waals surface area contributed by atoms with Crippen LogP contribution in [-0.2, 0) is 27.5 Å². The van der Waals surface area contributed by atoms with E-state index in [0.29, 0.717) is 48.6 Å². The molecular weight excluding hydrogens is 576 g/mol. The Morgan fingerprint density at radius 3 is 1.28 bits per heavy atom. The molecule has 0 aliphatic rings. The number of carbonyl (C=O) groups is 3. The first-order valence-corrected chi connectivity index (χ1v) is 17.6. The minimum atomic E-state index is 0. The van der Waals surface area contributed by atoms with Crippen LogP contribution in [0.5, 0.6) is 0 Å². The molecule has 0 saturated heterocycles. The summed E-state index contributed by atoms with van der Waals surface area (Å²) in [6.07, 6.45) is 6.74. The molecule has 0 N–H and O–H groups in total. The Kier molecular flexibility index (Phi) is 21.0. The summed E-state index contributed by atoms with van der Waals surface area (Å²) in [7, 11) is 0. The van der Waals surface area contributed by atoms with Crippen molar-refractivity contribution in [3.63, 3.8) is 0 Å².